The normalized spacial score (nSPS) is 34.9. The average Bonchev–Trinajstić information content (AvgIpc) is 2.96. The molecule has 1 saturated carbocycles. The molecule has 3 nitrogen and oxygen atoms in total. The molecule has 1 amide bonds. The van der Waals surface area contributed by atoms with Gasteiger partial charge in [0.25, 0.3) is 0 Å². The van der Waals surface area contributed by atoms with Crippen molar-refractivity contribution in [2.75, 3.05) is 20.1 Å². The Bertz CT molecular complexity index is 236. The van der Waals surface area contributed by atoms with Crippen molar-refractivity contribution in [1.29, 1.82) is 0 Å². The van der Waals surface area contributed by atoms with Crippen LogP contribution in [-0.4, -0.2) is 37.0 Å². The van der Waals surface area contributed by atoms with Crippen molar-refractivity contribution in [3.63, 3.8) is 0 Å². The van der Waals surface area contributed by atoms with Crippen molar-refractivity contribution in [3.8, 4) is 0 Å². The lowest BCUT2D eigenvalue weighted by molar-refractivity contribution is -0.131. The maximum Gasteiger partial charge on any atom is 0.225 e. The predicted octanol–water partition coefficient (Wildman–Crippen LogP) is 1.24. The molecule has 3 heteroatoms. The van der Waals surface area contributed by atoms with Gasteiger partial charge in [-0.05, 0) is 31.7 Å². The Kier molecular flexibility index (Phi) is 3.29. The van der Waals surface area contributed by atoms with Crippen molar-refractivity contribution in [2.45, 2.75) is 38.6 Å². The van der Waals surface area contributed by atoms with E-state index in [1.165, 1.54) is 19.3 Å². The number of nitrogens with one attached hydrogen (secondary N) is 1. The van der Waals surface area contributed by atoms with Gasteiger partial charge in [-0.15, -0.1) is 0 Å². The molecule has 3 unspecified atom stereocenters. The first-order chi connectivity index (χ1) is 7.18. The molecular weight excluding hydrogens is 188 g/mol. The first-order valence-electron chi connectivity index (χ1n) is 6.17. The first-order valence-corrected chi connectivity index (χ1v) is 6.17. The molecule has 0 radical (unpaired) electrons. The molecule has 3 atom stereocenters. The maximum absolute atomic E-state index is 11.9. The molecule has 0 aromatic rings. The lowest BCUT2D eigenvalue weighted by atomic mass is 10.0. The summed E-state index contributed by atoms with van der Waals surface area (Å²) in [6.45, 7) is 4.17. The zero-order valence-electron chi connectivity index (χ0n) is 9.83. The molecule has 0 bridgehead atoms. The van der Waals surface area contributed by atoms with E-state index in [1.54, 1.807) is 0 Å². The van der Waals surface area contributed by atoms with Crippen LogP contribution in [0.1, 0.15) is 32.6 Å². The molecule has 1 N–H and O–H groups in total. The van der Waals surface area contributed by atoms with E-state index in [0.29, 0.717) is 23.8 Å². The van der Waals surface area contributed by atoms with Gasteiger partial charge in [-0.3, -0.25) is 4.79 Å². The van der Waals surface area contributed by atoms with E-state index in [4.69, 9.17) is 0 Å². The molecule has 2 rings (SSSR count). The van der Waals surface area contributed by atoms with Crippen molar-refractivity contribution >= 4 is 5.91 Å². The second-order valence-corrected chi connectivity index (χ2v) is 5.19. The predicted molar refractivity (Wildman–Crippen MR) is 60.5 cm³/mol. The summed E-state index contributed by atoms with van der Waals surface area (Å²) in [5.74, 6) is 1.31. The van der Waals surface area contributed by atoms with Gasteiger partial charge in [0.2, 0.25) is 5.91 Å². The summed E-state index contributed by atoms with van der Waals surface area (Å²) in [6.07, 6.45) is 4.91. The first kappa shape index (κ1) is 10.9. The number of carbonyl (C=O) groups excluding carboxylic acids is 1. The highest BCUT2D eigenvalue weighted by atomic mass is 16.2. The molecule has 0 aromatic heterocycles. The summed E-state index contributed by atoms with van der Waals surface area (Å²) >= 11 is 0. The van der Waals surface area contributed by atoms with E-state index in [9.17, 15) is 4.79 Å². The summed E-state index contributed by atoms with van der Waals surface area (Å²) in [7, 11) is 1.95. The van der Waals surface area contributed by atoms with Gasteiger partial charge in [0.1, 0.15) is 0 Å². The average molecular weight is 210 g/mol. The quantitative estimate of drug-likeness (QED) is 0.760. The van der Waals surface area contributed by atoms with Gasteiger partial charge in [0.05, 0.1) is 0 Å². The van der Waals surface area contributed by atoms with Crippen molar-refractivity contribution < 1.29 is 4.79 Å². The fourth-order valence-electron chi connectivity index (χ4n) is 2.45. The number of amides is 1. The summed E-state index contributed by atoms with van der Waals surface area (Å²) in [5.41, 5.74) is 0. The largest absolute Gasteiger partial charge is 0.344 e. The van der Waals surface area contributed by atoms with Crippen LogP contribution >= 0.6 is 0 Å². The van der Waals surface area contributed by atoms with Crippen LogP contribution in [0.5, 0.6) is 0 Å². The lowest BCUT2D eigenvalue weighted by Gasteiger charge is -2.28. The summed E-state index contributed by atoms with van der Waals surface area (Å²) < 4.78 is 0. The minimum Gasteiger partial charge on any atom is -0.344 e. The fraction of sp³-hybridized carbons (Fsp3) is 0.917. The molecule has 15 heavy (non-hydrogen) atoms. The Labute approximate surface area is 92.2 Å². The van der Waals surface area contributed by atoms with Crippen LogP contribution in [0.25, 0.3) is 0 Å². The van der Waals surface area contributed by atoms with Crippen LogP contribution in [0, 0.1) is 11.8 Å². The standard InChI is InChI=1S/C12H22N2O/c1-9-7-11(9)12(15)14(2)8-10-5-3-4-6-13-10/h9-11,13H,3-8H2,1-2H3. The van der Waals surface area contributed by atoms with E-state index < -0.39 is 0 Å². The number of hydrogen-bond donors (Lipinski definition) is 1. The highest BCUT2D eigenvalue weighted by Gasteiger charge is 2.40. The van der Waals surface area contributed by atoms with Crippen LogP contribution in [0.3, 0.4) is 0 Å². The van der Waals surface area contributed by atoms with Gasteiger partial charge in [-0.2, -0.15) is 0 Å². The van der Waals surface area contributed by atoms with Gasteiger partial charge >= 0.3 is 0 Å². The third-order valence-corrected chi connectivity index (χ3v) is 3.71. The second kappa shape index (κ2) is 4.52. The van der Waals surface area contributed by atoms with Gasteiger partial charge in [-0.1, -0.05) is 13.3 Å². The molecule has 2 aliphatic rings. The topological polar surface area (TPSA) is 32.3 Å². The van der Waals surface area contributed by atoms with Crippen LogP contribution in [0.2, 0.25) is 0 Å². The summed E-state index contributed by atoms with van der Waals surface area (Å²) in [5, 5.41) is 3.48. The van der Waals surface area contributed by atoms with Crippen molar-refractivity contribution in [2.24, 2.45) is 11.8 Å². The third-order valence-electron chi connectivity index (χ3n) is 3.71. The number of hydrogen-bond acceptors (Lipinski definition) is 2. The number of nitrogens with zero attached hydrogens (tertiary/aromatic N) is 1. The minimum absolute atomic E-state index is 0.332. The van der Waals surface area contributed by atoms with Crippen LogP contribution in [-0.2, 0) is 4.79 Å². The van der Waals surface area contributed by atoms with Crippen LogP contribution < -0.4 is 5.32 Å². The molecule has 0 aromatic carbocycles. The highest BCUT2D eigenvalue weighted by Crippen LogP contribution is 2.38. The molecule has 1 saturated heterocycles. The van der Waals surface area contributed by atoms with Gasteiger partial charge in [0.15, 0.2) is 0 Å². The van der Waals surface area contributed by atoms with E-state index in [0.717, 1.165) is 19.5 Å². The van der Waals surface area contributed by atoms with Gasteiger partial charge in [-0.25, -0.2) is 0 Å². The summed E-state index contributed by atoms with van der Waals surface area (Å²) in [4.78, 5) is 13.8. The Hall–Kier alpha value is -0.570. The van der Waals surface area contributed by atoms with Gasteiger partial charge in [0, 0.05) is 25.6 Å². The molecule has 86 valence electrons. The van der Waals surface area contributed by atoms with E-state index in [2.05, 4.69) is 12.2 Å². The third kappa shape index (κ3) is 2.71. The molecular formula is C12H22N2O. The minimum atomic E-state index is 0.332. The number of rotatable bonds is 3. The Morgan fingerprint density at radius 1 is 1.47 bits per heavy atom. The van der Waals surface area contributed by atoms with Crippen LogP contribution in [0.4, 0.5) is 0 Å². The molecule has 1 aliphatic heterocycles. The van der Waals surface area contributed by atoms with Crippen molar-refractivity contribution in [1.82, 2.24) is 10.2 Å². The molecule has 1 heterocycles. The monoisotopic (exact) mass is 210 g/mol. The molecule has 2 fully saturated rings. The molecule has 0 spiro atoms. The molecule has 1 aliphatic carbocycles. The van der Waals surface area contributed by atoms with Crippen LogP contribution in [0.15, 0.2) is 0 Å². The zero-order chi connectivity index (χ0) is 10.8. The Morgan fingerprint density at radius 2 is 2.20 bits per heavy atom. The van der Waals surface area contributed by atoms with E-state index in [1.807, 2.05) is 11.9 Å². The Balaban J connectivity index is 1.75. The Morgan fingerprint density at radius 3 is 2.73 bits per heavy atom. The number of carbonyl (C=O) groups is 1. The lowest BCUT2D eigenvalue weighted by Crippen LogP contribution is -2.44. The fourth-order valence-corrected chi connectivity index (χ4v) is 2.45. The SMILES string of the molecule is CC1CC1C(=O)N(C)CC1CCCCN1. The maximum atomic E-state index is 11.9. The number of piperidine rings is 1. The smallest absolute Gasteiger partial charge is 0.225 e. The van der Waals surface area contributed by atoms with E-state index >= 15 is 0 Å². The second-order valence-electron chi connectivity index (χ2n) is 5.19. The highest BCUT2D eigenvalue weighted by molar-refractivity contribution is 5.81. The van der Waals surface area contributed by atoms with Gasteiger partial charge < -0.3 is 10.2 Å². The summed E-state index contributed by atoms with van der Waals surface area (Å²) in [6, 6.07) is 0.529. The number of likely N-dealkylation sites (N-methyl/N-ethyl adjacent to an activating group) is 1. The van der Waals surface area contributed by atoms with Crippen molar-refractivity contribution in [3.05, 3.63) is 0 Å². The van der Waals surface area contributed by atoms with E-state index in [-0.39, 0.29) is 0 Å². The zero-order valence-corrected chi connectivity index (χ0v) is 9.83.